The van der Waals surface area contributed by atoms with Gasteiger partial charge in [-0.05, 0) is 278 Å². The Bertz CT molecular complexity index is 6370. The Balaban J connectivity index is 0.924. The Morgan fingerprint density at radius 1 is 0.295 bits per heavy atom. The molecule has 0 unspecified atom stereocenters. The van der Waals surface area contributed by atoms with Gasteiger partial charge in [0.15, 0.2) is 0 Å². The number of rotatable bonds is 6. The summed E-state index contributed by atoms with van der Waals surface area (Å²) in [6.07, 6.45) is 0. The molecule has 2 aromatic heterocycles. The van der Waals surface area contributed by atoms with Crippen LogP contribution >= 0.6 is 22.7 Å². The highest BCUT2D eigenvalue weighted by Crippen LogP contribution is 2.54. The topological polar surface area (TPSA) is 40.2 Å². The van der Waals surface area contributed by atoms with Crippen LogP contribution in [-0.4, -0.2) is 20.1 Å². The number of hydrogen-bond acceptors (Lipinski definition) is 8. The molecule has 105 heavy (non-hydrogen) atoms. The number of ether oxygens (including phenoxy) is 2. The first-order valence-electron chi connectivity index (χ1n) is 36.9. The van der Waals surface area contributed by atoms with E-state index in [1.165, 1.54) is 175 Å². The fourth-order valence-corrected chi connectivity index (χ4v) is 22.2. The molecule has 0 radical (unpaired) electrons. The number of benzene rings is 13. The summed E-state index contributed by atoms with van der Waals surface area (Å²) in [5.74, 6) is 3.70. The third-order valence-corrected chi connectivity index (χ3v) is 26.1. The number of fused-ring (bicyclic) bond motifs is 16. The number of aryl methyl sites for hydroxylation is 12. The molecule has 6 nitrogen and oxygen atoms in total. The van der Waals surface area contributed by atoms with E-state index in [0.29, 0.717) is 0 Å². The second kappa shape index (κ2) is 22.6. The first-order valence-corrected chi connectivity index (χ1v) is 38.5. The Hall–Kier alpha value is -11.2. The van der Waals surface area contributed by atoms with E-state index in [9.17, 15) is 0 Å². The molecule has 11 heteroatoms. The summed E-state index contributed by atoms with van der Waals surface area (Å²) in [6, 6.07) is 83.9. The molecule has 502 valence electrons. The van der Waals surface area contributed by atoms with E-state index in [0.717, 1.165) is 79.0 Å². The van der Waals surface area contributed by atoms with Crippen molar-refractivity contribution in [2.75, 3.05) is 20.0 Å². The second-order valence-electron chi connectivity index (χ2n) is 30.6. The fourth-order valence-electron chi connectivity index (χ4n) is 19.6. The Kier molecular flexibility index (Phi) is 13.4. The largest absolute Gasteiger partial charge is 0.457 e. The van der Waals surface area contributed by atoms with Crippen LogP contribution in [0.2, 0.25) is 0 Å². The van der Waals surface area contributed by atoms with Crippen LogP contribution in [0.25, 0.3) is 53.6 Å². The van der Waals surface area contributed by atoms with Gasteiger partial charge < -0.3 is 29.5 Å². The maximum Gasteiger partial charge on any atom is 0.268 e. The second-order valence-corrected chi connectivity index (χ2v) is 32.8. The smallest absolute Gasteiger partial charge is 0.268 e. The minimum atomic E-state index is -0.278. The van der Waals surface area contributed by atoms with Gasteiger partial charge in [0.25, 0.3) is 20.1 Å². The van der Waals surface area contributed by atoms with Gasteiger partial charge in [-0.1, -0.05) is 162 Å². The minimum absolute atomic E-state index is 0.146. The van der Waals surface area contributed by atoms with Crippen LogP contribution in [0, 0.1) is 83.1 Å². The van der Waals surface area contributed by atoms with Gasteiger partial charge in [-0.15, -0.1) is 22.7 Å². The van der Waals surface area contributed by atoms with Gasteiger partial charge in [0.2, 0.25) is 0 Å². The number of nitrogens with zero attached hydrogens (tertiary/aromatic N) is 3. The molecule has 8 heterocycles. The molecule has 1 N–H and O–H groups in total. The standard InChI is InChI=1S/C94H73B3N4O2S2/c1-49-33-55(7)88(56(8)34-49)99-75-47-73-69(96-85-74(98-73)39-61(64-26-16-13-23-52(64)4)43-81(85)102-91-67-29-19-21-31-83(67)104-93(91)96)45-70(75)95-71-46-72-77(48-76(71)100(89-57(9)35-50(2)36-58(89)10)79-41-62(40-78(99)86(79)95)65-27-17-14-24-53(65)5)101(90-59(11)37-51(3)38-60(90)12)80-42-63(66-28-18-15-25-54(66)6)44-82-87(80)97(72)94-92(103-82)68-30-20-22-32-84(68)105-94/h13-48,98H,1-12H3. The average Bonchev–Trinajstić information content (AvgIpc) is 1.35. The quantitative estimate of drug-likeness (QED) is 0.167. The van der Waals surface area contributed by atoms with Gasteiger partial charge in [-0.2, -0.15) is 0 Å². The highest BCUT2D eigenvalue weighted by Gasteiger charge is 2.52. The van der Waals surface area contributed by atoms with Gasteiger partial charge in [-0.3, -0.25) is 0 Å². The van der Waals surface area contributed by atoms with Crippen molar-refractivity contribution in [3.8, 4) is 56.4 Å². The van der Waals surface area contributed by atoms with Crippen LogP contribution in [0.15, 0.2) is 218 Å². The van der Waals surface area contributed by atoms with E-state index >= 15 is 0 Å². The van der Waals surface area contributed by atoms with E-state index in [4.69, 9.17) is 9.47 Å². The third kappa shape index (κ3) is 8.98. The van der Waals surface area contributed by atoms with Crippen molar-refractivity contribution >= 4 is 173 Å². The lowest BCUT2D eigenvalue weighted by atomic mass is 9.30. The molecule has 0 fully saturated rings. The average molecular weight is 1390 g/mol. The van der Waals surface area contributed by atoms with Crippen LogP contribution in [0.1, 0.15) is 66.8 Å². The molecule has 13 aromatic carbocycles. The van der Waals surface area contributed by atoms with Crippen molar-refractivity contribution in [3.05, 3.63) is 285 Å². The SMILES string of the molecule is Cc1cc(C)c(N2c3cc4c(cc3B3c5sc6ccccc6c5Oc5cc(-c6ccccc6C)cc2c53)B2c3cc5c(cc3N(c3c(C)cc(C)cc3C)c3cc(-c6ccccc6C)cc(c32)N4c2c(C)cc(C)cc2C)Nc2cc(-c3ccccc3C)cc3c2B5c2sc4ccccc4c2O3)c(C)c1. The summed E-state index contributed by atoms with van der Waals surface area (Å²) < 4.78 is 19.9. The Morgan fingerprint density at radius 2 is 0.657 bits per heavy atom. The summed E-state index contributed by atoms with van der Waals surface area (Å²) in [7, 11) is 0. The van der Waals surface area contributed by atoms with E-state index < -0.39 is 0 Å². The molecule has 0 bridgehead atoms. The predicted octanol–water partition coefficient (Wildman–Crippen LogP) is 20.0. The summed E-state index contributed by atoms with van der Waals surface area (Å²) >= 11 is 3.77. The highest BCUT2D eigenvalue weighted by atomic mass is 32.1. The zero-order valence-corrected chi connectivity index (χ0v) is 62.6. The van der Waals surface area contributed by atoms with E-state index in [-0.39, 0.29) is 20.1 Å². The lowest BCUT2D eigenvalue weighted by Gasteiger charge is -2.48. The van der Waals surface area contributed by atoms with Gasteiger partial charge >= 0.3 is 0 Å². The van der Waals surface area contributed by atoms with Crippen molar-refractivity contribution in [1.82, 2.24) is 0 Å². The van der Waals surface area contributed by atoms with E-state index in [1.54, 1.807) is 0 Å². The zero-order chi connectivity index (χ0) is 71.0. The molecule has 0 amide bonds. The lowest BCUT2D eigenvalue weighted by molar-refractivity contribution is 0.494. The van der Waals surface area contributed by atoms with Crippen LogP contribution in [0.3, 0.4) is 0 Å². The molecule has 6 aliphatic rings. The fraction of sp³-hybridized carbons (Fsp3) is 0.128. The molecule has 0 spiro atoms. The molecule has 21 rings (SSSR count). The maximum atomic E-state index is 7.62. The van der Waals surface area contributed by atoms with Crippen molar-refractivity contribution in [3.63, 3.8) is 0 Å². The third-order valence-electron chi connectivity index (χ3n) is 23.6. The molecule has 6 aliphatic heterocycles. The first-order chi connectivity index (χ1) is 51.0. The molecular formula is C94H73B3N4O2S2. The van der Waals surface area contributed by atoms with Crippen molar-refractivity contribution in [2.24, 2.45) is 0 Å². The summed E-state index contributed by atoms with van der Waals surface area (Å²) in [4.78, 5) is 8.07. The van der Waals surface area contributed by atoms with Crippen molar-refractivity contribution in [2.45, 2.75) is 83.1 Å². The number of thiophene rings is 2. The molecule has 0 atom stereocenters. The lowest BCUT2D eigenvalue weighted by Crippen LogP contribution is -2.65. The summed E-state index contributed by atoms with van der Waals surface area (Å²) in [5, 5.41) is 6.53. The summed E-state index contributed by atoms with van der Waals surface area (Å²) in [5.41, 5.74) is 43.1. The molecule has 0 saturated heterocycles. The molecule has 0 saturated carbocycles. The van der Waals surface area contributed by atoms with Gasteiger partial charge in [0, 0.05) is 75.2 Å². The van der Waals surface area contributed by atoms with E-state index in [2.05, 4.69) is 321 Å². The minimum Gasteiger partial charge on any atom is -0.457 e. The zero-order valence-electron chi connectivity index (χ0n) is 61.0. The van der Waals surface area contributed by atoms with Gasteiger partial charge in [-0.25, -0.2) is 0 Å². The Labute approximate surface area is 623 Å². The first kappa shape index (κ1) is 62.4. The summed E-state index contributed by atoms with van der Waals surface area (Å²) in [6.45, 7) is 26.8. The predicted molar refractivity (Wildman–Crippen MR) is 451 cm³/mol. The molecular weight excluding hydrogens is 1310 g/mol. The monoisotopic (exact) mass is 1390 g/mol. The van der Waals surface area contributed by atoms with Crippen molar-refractivity contribution in [1.29, 1.82) is 0 Å². The number of hydrogen-bond donors (Lipinski definition) is 1. The maximum absolute atomic E-state index is 7.62. The van der Waals surface area contributed by atoms with Gasteiger partial charge in [0.1, 0.15) is 23.0 Å². The van der Waals surface area contributed by atoms with Crippen LogP contribution in [0.5, 0.6) is 23.0 Å². The number of nitrogens with one attached hydrogen (secondary N) is 1. The van der Waals surface area contributed by atoms with Crippen LogP contribution in [-0.2, 0) is 0 Å². The molecule has 0 aliphatic carbocycles. The number of anilines is 11. The van der Waals surface area contributed by atoms with Crippen LogP contribution < -0.4 is 77.3 Å². The Morgan fingerprint density at radius 3 is 1.11 bits per heavy atom. The van der Waals surface area contributed by atoms with E-state index in [1.807, 2.05) is 22.7 Å². The molecule has 15 aromatic rings. The van der Waals surface area contributed by atoms with Crippen LogP contribution in [0.4, 0.5) is 62.6 Å². The normalized spacial score (nSPS) is 13.6. The van der Waals surface area contributed by atoms with Gasteiger partial charge in [0.05, 0.1) is 17.1 Å². The highest BCUT2D eigenvalue weighted by molar-refractivity contribution is 7.34. The van der Waals surface area contributed by atoms with Crippen molar-refractivity contribution < 1.29 is 9.47 Å².